The van der Waals surface area contributed by atoms with Crippen molar-refractivity contribution in [3.63, 3.8) is 0 Å². The molecule has 4 fully saturated rings. The van der Waals surface area contributed by atoms with Gasteiger partial charge in [-0.05, 0) is 44.4 Å². The number of piperazine rings is 1. The number of amides is 1. The van der Waals surface area contributed by atoms with Gasteiger partial charge in [-0.2, -0.15) is 4.39 Å². The zero-order chi connectivity index (χ0) is 31.0. The highest BCUT2D eigenvalue weighted by Gasteiger charge is 2.63. The molecule has 2 aromatic rings. The molecule has 1 N–H and O–H groups in total. The molecule has 2 saturated carbocycles. The molecule has 1 aromatic carbocycles. The van der Waals surface area contributed by atoms with Gasteiger partial charge >= 0.3 is 0 Å². The topological polar surface area (TPSA) is 93.2 Å². The van der Waals surface area contributed by atoms with E-state index in [0.29, 0.717) is 22.7 Å². The molecule has 0 radical (unpaired) electrons. The summed E-state index contributed by atoms with van der Waals surface area (Å²) >= 11 is 1.05. The van der Waals surface area contributed by atoms with E-state index in [1.54, 1.807) is 38.5 Å². The van der Waals surface area contributed by atoms with E-state index in [2.05, 4.69) is 33.1 Å². The highest BCUT2D eigenvalue weighted by Crippen LogP contribution is 2.51. The number of Topliss-reactive ketones (excluding diaryl/α,β-unsaturated/α-hetero) is 1. The van der Waals surface area contributed by atoms with Crippen molar-refractivity contribution in [2.75, 3.05) is 59.0 Å². The van der Waals surface area contributed by atoms with E-state index in [4.69, 9.17) is 20.6 Å². The van der Waals surface area contributed by atoms with Crippen molar-refractivity contribution in [3.05, 3.63) is 35.0 Å². The summed E-state index contributed by atoms with van der Waals surface area (Å²) in [5.74, 6) is 0.327. The number of hydrogen-bond acceptors (Lipinski definition) is 9. The van der Waals surface area contributed by atoms with Crippen LogP contribution in [0.25, 0.3) is 11.3 Å². The van der Waals surface area contributed by atoms with E-state index in [0.717, 1.165) is 63.2 Å². The van der Waals surface area contributed by atoms with E-state index in [-0.39, 0.29) is 53.0 Å². The number of aromatic nitrogens is 1. The first-order chi connectivity index (χ1) is 21.3. The first-order valence-electron chi connectivity index (χ1n) is 15.5. The van der Waals surface area contributed by atoms with Crippen LogP contribution in [0.4, 0.5) is 9.52 Å². The standard InChI is InChI=1S/C33H41FN4O5S/c1-5-20-18-24(25-29(20)43-19-33(25,41-3)42-4)28(39)26(21-8-6-7-9-21)35-31(40)23-12-10-22(11-13-23)27-30(34)44-32(36-27)38-16-14-37(2)15-17-38/h1,10-13,20-21,24-26,29H,6-9,14-19H2,2-4H3,(H,35,40)/t20-,24?,25+,26+,29-/m1/s1. The maximum Gasteiger partial charge on any atom is 0.251 e. The number of carbonyl (C=O) groups excluding carboxylic acids is 2. The van der Waals surface area contributed by atoms with Gasteiger partial charge in [0.1, 0.15) is 12.3 Å². The van der Waals surface area contributed by atoms with E-state index in [1.807, 2.05) is 0 Å². The molecule has 236 valence electrons. The smallest absolute Gasteiger partial charge is 0.251 e. The Kier molecular flexibility index (Phi) is 9.09. The van der Waals surface area contributed by atoms with Crippen LogP contribution in [-0.2, 0) is 19.0 Å². The molecule has 9 nitrogen and oxygen atoms in total. The highest BCUT2D eigenvalue weighted by molar-refractivity contribution is 7.14. The molecular formula is C33H41FN4O5S. The lowest BCUT2D eigenvalue weighted by atomic mass is 9.79. The lowest BCUT2D eigenvalue weighted by Crippen LogP contribution is -2.52. The minimum Gasteiger partial charge on any atom is -0.371 e. The summed E-state index contributed by atoms with van der Waals surface area (Å²) in [7, 11) is 5.19. The average Bonchev–Trinajstić information content (AvgIpc) is 3.85. The lowest BCUT2D eigenvalue weighted by molar-refractivity contribution is -0.231. The van der Waals surface area contributed by atoms with Gasteiger partial charge in [0.15, 0.2) is 16.7 Å². The molecule has 2 saturated heterocycles. The molecule has 1 aromatic heterocycles. The van der Waals surface area contributed by atoms with Crippen molar-refractivity contribution in [3.8, 4) is 23.6 Å². The number of nitrogens with zero attached hydrogens (tertiary/aromatic N) is 3. The molecule has 6 rings (SSSR count). The molecule has 44 heavy (non-hydrogen) atoms. The van der Waals surface area contributed by atoms with Crippen LogP contribution in [0, 0.1) is 41.1 Å². The first kappa shape index (κ1) is 31.1. The van der Waals surface area contributed by atoms with E-state index in [1.165, 1.54) is 0 Å². The van der Waals surface area contributed by atoms with Crippen LogP contribution in [0.2, 0.25) is 0 Å². The van der Waals surface area contributed by atoms with Gasteiger partial charge in [-0.1, -0.05) is 36.3 Å². The molecule has 2 aliphatic carbocycles. The van der Waals surface area contributed by atoms with E-state index < -0.39 is 17.7 Å². The monoisotopic (exact) mass is 624 g/mol. The Bertz CT molecular complexity index is 1390. The number of ketones is 1. The minimum atomic E-state index is -1.06. The summed E-state index contributed by atoms with van der Waals surface area (Å²) < 4.78 is 32.6. The zero-order valence-corrected chi connectivity index (χ0v) is 26.4. The number of ether oxygens (including phenoxy) is 3. The number of carbonyl (C=O) groups is 2. The second kappa shape index (κ2) is 12.9. The number of likely N-dealkylation sites (N-methyl/N-ethyl adjacent to an activating group) is 1. The van der Waals surface area contributed by atoms with Gasteiger partial charge in [-0.25, -0.2) is 4.98 Å². The second-order valence-corrected chi connectivity index (χ2v) is 13.4. The molecule has 1 amide bonds. The van der Waals surface area contributed by atoms with Crippen molar-refractivity contribution in [2.45, 2.75) is 50.0 Å². The largest absolute Gasteiger partial charge is 0.371 e. The lowest BCUT2D eigenvalue weighted by Gasteiger charge is -2.35. The fourth-order valence-corrected chi connectivity index (χ4v) is 8.47. The number of benzene rings is 1. The van der Waals surface area contributed by atoms with Crippen LogP contribution < -0.4 is 10.2 Å². The molecule has 0 bridgehead atoms. The Morgan fingerprint density at radius 2 is 1.84 bits per heavy atom. The molecule has 0 spiro atoms. The van der Waals surface area contributed by atoms with Crippen LogP contribution in [-0.4, -0.2) is 93.6 Å². The normalized spacial score (nSPS) is 27.7. The SMILES string of the molecule is C#C[C@@H]1CC(C(=O)[C@@H](NC(=O)c2ccc(-c3nc(N4CCN(C)CC4)sc3F)cc2)C2CCCC2)[C@H]2[C@@H]1OCC2(OC)OC. The fraction of sp³-hybridized carbons (Fsp3) is 0.606. The molecule has 11 heteroatoms. The van der Waals surface area contributed by atoms with Gasteiger partial charge in [0.25, 0.3) is 5.91 Å². The van der Waals surface area contributed by atoms with Crippen molar-refractivity contribution in [1.29, 1.82) is 0 Å². The van der Waals surface area contributed by atoms with Crippen LogP contribution in [0.5, 0.6) is 0 Å². The maximum absolute atomic E-state index is 15.0. The minimum absolute atomic E-state index is 0.0352. The van der Waals surface area contributed by atoms with Gasteiger partial charge in [0.05, 0.1) is 18.1 Å². The Morgan fingerprint density at radius 3 is 2.48 bits per heavy atom. The Hall–Kier alpha value is -2.88. The van der Waals surface area contributed by atoms with Gasteiger partial charge in [0, 0.05) is 63.4 Å². The summed E-state index contributed by atoms with van der Waals surface area (Å²) in [6.45, 7) is 3.62. The molecule has 4 aliphatic rings. The van der Waals surface area contributed by atoms with Crippen molar-refractivity contribution in [1.82, 2.24) is 15.2 Å². The fourth-order valence-electron chi connectivity index (χ4n) is 7.60. The summed E-state index contributed by atoms with van der Waals surface area (Å²) in [5.41, 5.74) is 1.29. The summed E-state index contributed by atoms with van der Waals surface area (Å²) in [6, 6.07) is 6.10. The molecule has 1 unspecified atom stereocenters. The number of thiazole rings is 1. The average molecular weight is 625 g/mol. The third-order valence-electron chi connectivity index (χ3n) is 10.2. The van der Waals surface area contributed by atoms with E-state index >= 15 is 0 Å². The van der Waals surface area contributed by atoms with Crippen LogP contribution in [0.3, 0.4) is 0 Å². The Balaban J connectivity index is 1.20. The Morgan fingerprint density at radius 1 is 1.16 bits per heavy atom. The van der Waals surface area contributed by atoms with Crippen LogP contribution >= 0.6 is 11.3 Å². The number of anilines is 1. The third kappa shape index (κ3) is 5.67. The maximum atomic E-state index is 15.0. The van der Waals surface area contributed by atoms with Crippen molar-refractivity contribution < 1.29 is 28.2 Å². The predicted molar refractivity (Wildman–Crippen MR) is 166 cm³/mol. The highest BCUT2D eigenvalue weighted by atomic mass is 32.1. The number of nitrogens with one attached hydrogen (secondary N) is 1. The van der Waals surface area contributed by atoms with Gasteiger partial charge in [-0.15, -0.1) is 12.3 Å². The van der Waals surface area contributed by atoms with Crippen LogP contribution in [0.15, 0.2) is 24.3 Å². The first-order valence-corrected chi connectivity index (χ1v) is 16.3. The third-order valence-corrected chi connectivity index (χ3v) is 11.1. The van der Waals surface area contributed by atoms with Crippen LogP contribution in [0.1, 0.15) is 42.5 Å². The van der Waals surface area contributed by atoms with E-state index in [9.17, 15) is 14.0 Å². The quantitative estimate of drug-likeness (QED) is 0.333. The van der Waals surface area contributed by atoms with Crippen molar-refractivity contribution >= 4 is 28.2 Å². The molecule has 3 heterocycles. The van der Waals surface area contributed by atoms with Gasteiger partial charge in [-0.3, -0.25) is 9.59 Å². The number of terminal acetylenes is 1. The number of rotatable bonds is 9. The summed E-state index contributed by atoms with van der Waals surface area (Å²) in [5, 5.41) is 3.41. The summed E-state index contributed by atoms with van der Waals surface area (Å²) in [6.07, 6.45) is 9.74. The number of fused-ring (bicyclic) bond motifs is 1. The second-order valence-electron chi connectivity index (χ2n) is 12.5. The summed E-state index contributed by atoms with van der Waals surface area (Å²) in [4.78, 5) is 36.9. The van der Waals surface area contributed by atoms with Crippen molar-refractivity contribution in [2.24, 2.45) is 23.7 Å². The molecule has 2 aliphatic heterocycles. The molecule has 5 atom stereocenters. The number of hydrogen-bond donors (Lipinski definition) is 1. The molecular weight excluding hydrogens is 583 g/mol. The number of methoxy groups -OCH3 is 2. The van der Waals surface area contributed by atoms with Gasteiger partial charge < -0.3 is 29.3 Å². The predicted octanol–water partition coefficient (Wildman–Crippen LogP) is 3.83. The number of halogens is 1. The van der Waals surface area contributed by atoms with Gasteiger partial charge in [0.2, 0.25) is 5.13 Å². The Labute approximate surface area is 262 Å². The zero-order valence-electron chi connectivity index (χ0n) is 25.6.